The van der Waals surface area contributed by atoms with Crippen LogP contribution in [0.4, 0.5) is 0 Å². The normalized spacial score (nSPS) is 14.2. The van der Waals surface area contributed by atoms with Gasteiger partial charge in [-0.1, -0.05) is 42.5 Å². The van der Waals surface area contributed by atoms with E-state index in [2.05, 4.69) is 21.4 Å². The molecule has 0 unspecified atom stereocenters. The standard InChI is InChI=1S/C23H22N4O/c24-23(28)20-15-21(27-22(20)17-8-11-25-12-9-17)18-10-13-26-19(14-18)7-6-16-4-2-1-3-5-16/h1-8,10,13-15,25,27H,9,11-12H2,(H2,24,28)/b7-6+. The van der Waals surface area contributed by atoms with E-state index in [1.165, 1.54) is 0 Å². The summed E-state index contributed by atoms with van der Waals surface area (Å²) in [5, 5.41) is 3.28. The van der Waals surface area contributed by atoms with Crippen molar-refractivity contribution < 1.29 is 4.79 Å². The Morgan fingerprint density at radius 3 is 2.71 bits per heavy atom. The number of H-pyrrole nitrogens is 1. The molecule has 4 N–H and O–H groups in total. The van der Waals surface area contributed by atoms with E-state index >= 15 is 0 Å². The van der Waals surface area contributed by atoms with Crippen LogP contribution in [0.5, 0.6) is 0 Å². The van der Waals surface area contributed by atoms with Crippen molar-refractivity contribution in [1.29, 1.82) is 0 Å². The fourth-order valence-corrected chi connectivity index (χ4v) is 3.36. The molecule has 140 valence electrons. The van der Waals surface area contributed by atoms with E-state index in [1.54, 1.807) is 6.20 Å². The molecule has 3 heterocycles. The van der Waals surface area contributed by atoms with Gasteiger partial charge in [0.1, 0.15) is 0 Å². The zero-order chi connectivity index (χ0) is 19.3. The summed E-state index contributed by atoms with van der Waals surface area (Å²) in [4.78, 5) is 19.8. The van der Waals surface area contributed by atoms with Gasteiger partial charge in [-0.05, 0) is 48.4 Å². The molecule has 0 radical (unpaired) electrons. The lowest BCUT2D eigenvalue weighted by molar-refractivity contribution is 0.1000. The molecule has 1 aromatic carbocycles. The number of amides is 1. The van der Waals surface area contributed by atoms with Crippen LogP contribution in [-0.2, 0) is 0 Å². The third-order valence-corrected chi connectivity index (χ3v) is 4.81. The smallest absolute Gasteiger partial charge is 0.250 e. The number of carbonyl (C=O) groups excluding carboxylic acids is 1. The molecule has 5 heteroatoms. The minimum absolute atomic E-state index is 0.421. The maximum atomic E-state index is 12.0. The number of aromatic amines is 1. The maximum Gasteiger partial charge on any atom is 0.250 e. The van der Waals surface area contributed by atoms with Crippen LogP contribution in [0.2, 0.25) is 0 Å². The molecule has 1 amide bonds. The first kappa shape index (κ1) is 17.9. The van der Waals surface area contributed by atoms with E-state index in [0.717, 1.165) is 53.3 Å². The molecule has 3 aromatic rings. The first-order valence-electron chi connectivity index (χ1n) is 9.33. The molecule has 0 saturated heterocycles. The summed E-state index contributed by atoms with van der Waals surface area (Å²) < 4.78 is 0. The fraction of sp³-hybridized carbons (Fsp3) is 0.130. The van der Waals surface area contributed by atoms with Gasteiger partial charge in [0, 0.05) is 24.0 Å². The molecular weight excluding hydrogens is 348 g/mol. The number of rotatable bonds is 5. The Kier molecular flexibility index (Phi) is 5.17. The van der Waals surface area contributed by atoms with E-state index in [0.29, 0.717) is 5.56 Å². The Labute approximate surface area is 164 Å². The second-order valence-electron chi connectivity index (χ2n) is 6.73. The third kappa shape index (κ3) is 3.94. The Hall–Kier alpha value is -3.44. The SMILES string of the molecule is NC(=O)c1cc(-c2ccnc(/C=C/c3ccccc3)c2)[nH]c1C1=CCNCC1. The molecular formula is C23H22N4O. The van der Waals surface area contributed by atoms with Crippen molar-refractivity contribution >= 4 is 23.6 Å². The predicted molar refractivity (Wildman–Crippen MR) is 113 cm³/mol. The van der Waals surface area contributed by atoms with E-state index in [-0.39, 0.29) is 0 Å². The minimum Gasteiger partial charge on any atom is -0.366 e. The Balaban J connectivity index is 1.67. The zero-order valence-electron chi connectivity index (χ0n) is 15.5. The number of carbonyl (C=O) groups is 1. The lowest BCUT2D eigenvalue weighted by Crippen LogP contribution is -2.21. The summed E-state index contributed by atoms with van der Waals surface area (Å²) in [7, 11) is 0. The highest BCUT2D eigenvalue weighted by molar-refractivity contribution is 5.99. The molecule has 0 fully saturated rings. The van der Waals surface area contributed by atoms with Crippen molar-refractivity contribution in [2.45, 2.75) is 6.42 Å². The van der Waals surface area contributed by atoms with Gasteiger partial charge >= 0.3 is 0 Å². The number of benzene rings is 1. The summed E-state index contributed by atoms with van der Waals surface area (Å²) >= 11 is 0. The van der Waals surface area contributed by atoms with Crippen LogP contribution in [0.1, 0.15) is 33.7 Å². The van der Waals surface area contributed by atoms with Gasteiger partial charge in [0.2, 0.25) is 0 Å². The number of pyridine rings is 1. The molecule has 0 spiro atoms. The first-order valence-corrected chi connectivity index (χ1v) is 9.33. The Bertz CT molecular complexity index is 1050. The molecule has 5 nitrogen and oxygen atoms in total. The molecule has 4 rings (SSSR count). The predicted octanol–water partition coefficient (Wildman–Crippen LogP) is 3.72. The minimum atomic E-state index is -0.421. The van der Waals surface area contributed by atoms with Gasteiger partial charge in [0.15, 0.2) is 0 Å². The summed E-state index contributed by atoms with van der Waals surface area (Å²) in [6, 6.07) is 15.9. The second kappa shape index (κ2) is 8.06. The second-order valence-corrected chi connectivity index (χ2v) is 6.73. The van der Waals surface area contributed by atoms with E-state index in [4.69, 9.17) is 5.73 Å². The summed E-state index contributed by atoms with van der Waals surface area (Å²) in [5.41, 5.74) is 11.9. The molecule has 28 heavy (non-hydrogen) atoms. The number of primary amides is 1. The van der Waals surface area contributed by atoms with Gasteiger partial charge in [0.05, 0.1) is 17.0 Å². The average Bonchev–Trinajstić information content (AvgIpc) is 3.20. The van der Waals surface area contributed by atoms with Crippen molar-refractivity contribution in [3.8, 4) is 11.3 Å². The highest BCUT2D eigenvalue weighted by Crippen LogP contribution is 2.28. The number of hydrogen-bond donors (Lipinski definition) is 3. The first-order chi connectivity index (χ1) is 13.7. The van der Waals surface area contributed by atoms with Crippen molar-refractivity contribution in [1.82, 2.24) is 15.3 Å². The van der Waals surface area contributed by atoms with Gasteiger partial charge in [-0.2, -0.15) is 0 Å². The van der Waals surface area contributed by atoms with Gasteiger partial charge in [-0.3, -0.25) is 9.78 Å². The maximum absolute atomic E-state index is 12.0. The Morgan fingerprint density at radius 2 is 1.96 bits per heavy atom. The molecule has 2 aromatic heterocycles. The molecule has 1 aliphatic rings. The number of nitrogens with one attached hydrogen (secondary N) is 2. The third-order valence-electron chi connectivity index (χ3n) is 4.81. The number of nitrogens with two attached hydrogens (primary N) is 1. The summed E-state index contributed by atoms with van der Waals surface area (Å²) in [6.07, 6.45) is 8.75. The summed E-state index contributed by atoms with van der Waals surface area (Å²) in [5.74, 6) is -0.421. The molecule has 1 aliphatic heterocycles. The van der Waals surface area contributed by atoms with Crippen LogP contribution in [0.15, 0.2) is 60.8 Å². The highest BCUT2D eigenvalue weighted by Gasteiger charge is 2.18. The van der Waals surface area contributed by atoms with Gasteiger partial charge in [-0.15, -0.1) is 0 Å². The van der Waals surface area contributed by atoms with Crippen LogP contribution in [-0.4, -0.2) is 29.0 Å². The lowest BCUT2D eigenvalue weighted by Gasteiger charge is -2.13. The largest absolute Gasteiger partial charge is 0.366 e. The van der Waals surface area contributed by atoms with Gasteiger partial charge in [0.25, 0.3) is 5.91 Å². The van der Waals surface area contributed by atoms with Crippen molar-refractivity contribution in [2.75, 3.05) is 13.1 Å². The lowest BCUT2D eigenvalue weighted by atomic mass is 10.0. The number of nitrogens with zero attached hydrogens (tertiary/aromatic N) is 1. The molecule has 0 aliphatic carbocycles. The van der Waals surface area contributed by atoms with Crippen LogP contribution >= 0.6 is 0 Å². The van der Waals surface area contributed by atoms with E-state index < -0.39 is 5.91 Å². The fourth-order valence-electron chi connectivity index (χ4n) is 3.36. The van der Waals surface area contributed by atoms with Crippen LogP contribution in [0, 0.1) is 0 Å². The number of aromatic nitrogens is 2. The number of hydrogen-bond acceptors (Lipinski definition) is 3. The summed E-state index contributed by atoms with van der Waals surface area (Å²) in [6.45, 7) is 1.69. The van der Waals surface area contributed by atoms with Gasteiger partial charge < -0.3 is 16.0 Å². The highest BCUT2D eigenvalue weighted by atomic mass is 16.1. The van der Waals surface area contributed by atoms with E-state index in [1.807, 2.05) is 60.7 Å². The van der Waals surface area contributed by atoms with Crippen LogP contribution in [0.25, 0.3) is 29.0 Å². The monoisotopic (exact) mass is 370 g/mol. The topological polar surface area (TPSA) is 83.8 Å². The van der Waals surface area contributed by atoms with Crippen molar-refractivity contribution in [3.63, 3.8) is 0 Å². The van der Waals surface area contributed by atoms with Crippen LogP contribution < -0.4 is 11.1 Å². The van der Waals surface area contributed by atoms with E-state index in [9.17, 15) is 4.79 Å². The molecule has 0 saturated carbocycles. The zero-order valence-corrected chi connectivity index (χ0v) is 15.5. The molecule has 0 bridgehead atoms. The van der Waals surface area contributed by atoms with Crippen molar-refractivity contribution in [3.05, 3.63) is 83.3 Å². The quantitative estimate of drug-likeness (QED) is 0.640. The Morgan fingerprint density at radius 1 is 1.11 bits per heavy atom. The van der Waals surface area contributed by atoms with Gasteiger partial charge in [-0.25, -0.2) is 0 Å². The molecule has 0 atom stereocenters. The van der Waals surface area contributed by atoms with Crippen LogP contribution in [0.3, 0.4) is 0 Å². The average molecular weight is 370 g/mol. The van der Waals surface area contributed by atoms with Crippen molar-refractivity contribution in [2.24, 2.45) is 5.73 Å².